The van der Waals surface area contributed by atoms with Crippen LogP contribution in [0.4, 0.5) is 4.79 Å². The SMILES string of the molecule is CC(NC(=O)NC1CCCCCC1C(=O)O)c1ncc[nH]1. The number of carbonyl (C=O) groups excluding carboxylic acids is 1. The molecule has 3 unspecified atom stereocenters. The molecule has 0 aliphatic heterocycles. The van der Waals surface area contributed by atoms with Gasteiger partial charge in [-0.15, -0.1) is 0 Å². The Kier molecular flexibility index (Phi) is 5.19. The molecule has 0 bridgehead atoms. The summed E-state index contributed by atoms with van der Waals surface area (Å²) in [7, 11) is 0. The van der Waals surface area contributed by atoms with E-state index in [9.17, 15) is 14.7 Å². The van der Waals surface area contributed by atoms with E-state index in [1.54, 1.807) is 12.4 Å². The Morgan fingerprint density at radius 3 is 2.81 bits per heavy atom. The van der Waals surface area contributed by atoms with Crippen LogP contribution < -0.4 is 10.6 Å². The molecule has 1 fully saturated rings. The smallest absolute Gasteiger partial charge is 0.315 e. The monoisotopic (exact) mass is 294 g/mol. The topological polar surface area (TPSA) is 107 Å². The van der Waals surface area contributed by atoms with Gasteiger partial charge in [-0.3, -0.25) is 4.79 Å². The zero-order valence-corrected chi connectivity index (χ0v) is 12.1. The predicted molar refractivity (Wildman–Crippen MR) is 76.7 cm³/mol. The number of rotatable bonds is 4. The molecule has 0 spiro atoms. The van der Waals surface area contributed by atoms with Gasteiger partial charge < -0.3 is 20.7 Å². The predicted octanol–water partition coefficient (Wildman–Crippen LogP) is 1.80. The Hall–Kier alpha value is -2.05. The van der Waals surface area contributed by atoms with Gasteiger partial charge in [0.05, 0.1) is 12.0 Å². The summed E-state index contributed by atoms with van der Waals surface area (Å²) in [5.74, 6) is -0.667. The molecular formula is C14H22N4O3. The minimum atomic E-state index is -0.832. The lowest BCUT2D eigenvalue weighted by Crippen LogP contribution is -2.47. The molecule has 1 aromatic rings. The van der Waals surface area contributed by atoms with Gasteiger partial charge in [0.15, 0.2) is 0 Å². The van der Waals surface area contributed by atoms with Crippen molar-refractivity contribution >= 4 is 12.0 Å². The van der Waals surface area contributed by atoms with E-state index in [1.165, 1.54) is 0 Å². The van der Waals surface area contributed by atoms with E-state index in [1.807, 2.05) is 6.92 Å². The number of nitrogens with one attached hydrogen (secondary N) is 3. The molecule has 7 heteroatoms. The Morgan fingerprint density at radius 1 is 1.38 bits per heavy atom. The van der Waals surface area contributed by atoms with E-state index in [0.717, 1.165) is 19.3 Å². The van der Waals surface area contributed by atoms with Crippen LogP contribution in [0.2, 0.25) is 0 Å². The molecule has 0 saturated heterocycles. The molecule has 3 atom stereocenters. The molecular weight excluding hydrogens is 272 g/mol. The van der Waals surface area contributed by atoms with Crippen LogP contribution in [0.15, 0.2) is 12.4 Å². The number of aromatic amines is 1. The molecule has 1 saturated carbocycles. The highest BCUT2D eigenvalue weighted by Crippen LogP contribution is 2.23. The molecule has 0 radical (unpaired) electrons. The Morgan fingerprint density at radius 2 is 2.14 bits per heavy atom. The second-order valence-electron chi connectivity index (χ2n) is 5.50. The first-order valence-electron chi connectivity index (χ1n) is 7.37. The van der Waals surface area contributed by atoms with Gasteiger partial charge in [-0.2, -0.15) is 0 Å². The summed E-state index contributed by atoms with van der Waals surface area (Å²) in [6.45, 7) is 1.82. The number of nitrogens with zero attached hydrogens (tertiary/aromatic N) is 1. The maximum Gasteiger partial charge on any atom is 0.315 e. The van der Waals surface area contributed by atoms with Crippen molar-refractivity contribution in [3.8, 4) is 0 Å². The van der Waals surface area contributed by atoms with Crippen LogP contribution in [0, 0.1) is 5.92 Å². The second kappa shape index (κ2) is 7.10. The van der Waals surface area contributed by atoms with Gasteiger partial charge in [0, 0.05) is 18.4 Å². The average Bonchev–Trinajstić information content (AvgIpc) is 2.86. The normalized spacial score (nSPS) is 23.9. The number of aromatic nitrogens is 2. The zero-order valence-electron chi connectivity index (χ0n) is 12.1. The molecule has 2 rings (SSSR count). The molecule has 1 aliphatic rings. The van der Waals surface area contributed by atoms with Crippen molar-refractivity contribution in [3.63, 3.8) is 0 Å². The maximum atomic E-state index is 12.0. The first kappa shape index (κ1) is 15.3. The standard InChI is InChI=1S/C14H22N4O3/c1-9(12-15-7-8-16-12)17-14(21)18-11-6-4-2-3-5-10(11)13(19)20/h7-11H,2-6H2,1H3,(H,15,16)(H,19,20)(H2,17,18,21). The van der Waals surface area contributed by atoms with Crippen molar-refractivity contribution in [2.45, 2.75) is 51.1 Å². The fraction of sp³-hybridized carbons (Fsp3) is 0.643. The minimum absolute atomic E-state index is 0.256. The highest BCUT2D eigenvalue weighted by molar-refractivity contribution is 5.77. The molecule has 7 nitrogen and oxygen atoms in total. The number of carboxylic acid groups (broad SMARTS) is 1. The Bertz CT molecular complexity index is 475. The van der Waals surface area contributed by atoms with E-state index < -0.39 is 11.9 Å². The van der Waals surface area contributed by atoms with E-state index in [4.69, 9.17) is 0 Å². The number of urea groups is 1. The number of carboxylic acids is 1. The van der Waals surface area contributed by atoms with Crippen molar-refractivity contribution in [2.24, 2.45) is 5.92 Å². The van der Waals surface area contributed by atoms with Crippen molar-refractivity contribution in [2.75, 3.05) is 0 Å². The number of hydrogen-bond donors (Lipinski definition) is 4. The van der Waals surface area contributed by atoms with Crippen molar-refractivity contribution < 1.29 is 14.7 Å². The van der Waals surface area contributed by atoms with E-state index in [-0.39, 0.29) is 18.1 Å². The lowest BCUT2D eigenvalue weighted by atomic mass is 9.95. The zero-order chi connectivity index (χ0) is 15.2. The molecule has 21 heavy (non-hydrogen) atoms. The average molecular weight is 294 g/mol. The summed E-state index contributed by atoms with van der Waals surface area (Å²) in [4.78, 5) is 30.4. The molecule has 0 aromatic carbocycles. The van der Waals surface area contributed by atoms with Gasteiger partial charge >= 0.3 is 12.0 Å². The van der Waals surface area contributed by atoms with Crippen LogP contribution in [-0.4, -0.2) is 33.1 Å². The second-order valence-corrected chi connectivity index (χ2v) is 5.50. The van der Waals surface area contributed by atoms with Gasteiger partial charge in [-0.05, 0) is 19.8 Å². The van der Waals surface area contributed by atoms with Gasteiger partial charge in [0.2, 0.25) is 0 Å². The number of imidazole rings is 1. The van der Waals surface area contributed by atoms with Crippen LogP contribution in [-0.2, 0) is 4.79 Å². The largest absolute Gasteiger partial charge is 0.481 e. The first-order valence-corrected chi connectivity index (χ1v) is 7.37. The van der Waals surface area contributed by atoms with E-state index in [2.05, 4.69) is 20.6 Å². The summed E-state index contributed by atoms with van der Waals surface area (Å²) in [6.07, 6.45) is 7.51. The van der Waals surface area contributed by atoms with Crippen LogP contribution in [0.25, 0.3) is 0 Å². The lowest BCUT2D eigenvalue weighted by Gasteiger charge is -2.24. The van der Waals surface area contributed by atoms with Crippen LogP contribution >= 0.6 is 0 Å². The highest BCUT2D eigenvalue weighted by atomic mass is 16.4. The van der Waals surface area contributed by atoms with Gasteiger partial charge in [0.25, 0.3) is 0 Å². The molecule has 1 aliphatic carbocycles. The summed E-state index contributed by atoms with van der Waals surface area (Å²) in [5, 5.41) is 14.9. The number of hydrogen-bond acceptors (Lipinski definition) is 3. The first-order chi connectivity index (χ1) is 10.1. The minimum Gasteiger partial charge on any atom is -0.481 e. The summed E-state index contributed by atoms with van der Waals surface area (Å²) in [5.41, 5.74) is 0. The van der Waals surface area contributed by atoms with Crippen molar-refractivity contribution in [3.05, 3.63) is 18.2 Å². The van der Waals surface area contributed by atoms with Crippen molar-refractivity contribution in [1.82, 2.24) is 20.6 Å². The third-order valence-corrected chi connectivity index (χ3v) is 3.93. The van der Waals surface area contributed by atoms with E-state index in [0.29, 0.717) is 18.7 Å². The highest BCUT2D eigenvalue weighted by Gasteiger charge is 2.30. The fourth-order valence-electron chi connectivity index (χ4n) is 2.77. The summed E-state index contributed by atoms with van der Waals surface area (Å²) < 4.78 is 0. The molecule has 2 amide bonds. The Labute approximate surface area is 123 Å². The summed E-state index contributed by atoms with van der Waals surface area (Å²) in [6, 6.07) is -0.917. The van der Waals surface area contributed by atoms with Crippen molar-refractivity contribution in [1.29, 1.82) is 0 Å². The van der Waals surface area contributed by atoms with Gasteiger partial charge in [-0.25, -0.2) is 9.78 Å². The molecule has 1 aromatic heterocycles. The van der Waals surface area contributed by atoms with Crippen LogP contribution in [0.5, 0.6) is 0 Å². The van der Waals surface area contributed by atoms with Gasteiger partial charge in [-0.1, -0.05) is 19.3 Å². The Balaban J connectivity index is 1.91. The molecule has 1 heterocycles. The quantitative estimate of drug-likeness (QED) is 0.635. The number of amides is 2. The van der Waals surface area contributed by atoms with E-state index >= 15 is 0 Å². The van der Waals surface area contributed by atoms with Crippen LogP contribution in [0.1, 0.15) is 50.9 Å². The molecule has 116 valence electrons. The summed E-state index contributed by atoms with van der Waals surface area (Å²) >= 11 is 0. The number of carbonyl (C=O) groups is 2. The number of H-pyrrole nitrogens is 1. The lowest BCUT2D eigenvalue weighted by molar-refractivity contribution is -0.142. The third kappa shape index (κ3) is 4.21. The maximum absolute atomic E-state index is 12.0. The third-order valence-electron chi connectivity index (χ3n) is 3.93. The fourth-order valence-corrected chi connectivity index (χ4v) is 2.77. The van der Waals surface area contributed by atoms with Gasteiger partial charge in [0.1, 0.15) is 5.82 Å². The number of aliphatic carboxylic acids is 1. The molecule has 4 N–H and O–H groups in total. The van der Waals surface area contributed by atoms with Crippen LogP contribution in [0.3, 0.4) is 0 Å².